The molecule has 0 bridgehead atoms. The largest absolute Gasteiger partial charge is 0.481 e. The monoisotopic (exact) mass is 300 g/mol. The molecule has 0 amide bonds. The van der Waals surface area contributed by atoms with Crippen LogP contribution in [0.5, 0.6) is 0 Å². The number of aliphatic hydroxyl groups excluding tert-OH is 1. The molecule has 0 aromatic rings. The summed E-state index contributed by atoms with van der Waals surface area (Å²) in [4.78, 5) is 10.9. The van der Waals surface area contributed by atoms with Gasteiger partial charge in [0.1, 0.15) is 0 Å². The van der Waals surface area contributed by atoms with Gasteiger partial charge in [-0.3, -0.25) is 4.79 Å². The van der Waals surface area contributed by atoms with Crippen molar-refractivity contribution >= 4 is 5.97 Å². The van der Waals surface area contributed by atoms with E-state index < -0.39 is 5.97 Å². The molecule has 0 radical (unpaired) electrons. The van der Waals surface area contributed by atoms with Crippen LogP contribution in [0.3, 0.4) is 0 Å². The number of unbranched alkanes of at least 4 members (excludes halogenated alkanes) is 11. The highest BCUT2D eigenvalue weighted by Crippen LogP contribution is 2.16. The topological polar surface area (TPSA) is 57.5 Å². The van der Waals surface area contributed by atoms with Gasteiger partial charge in [0.2, 0.25) is 0 Å². The minimum atomic E-state index is -0.757. The summed E-state index contributed by atoms with van der Waals surface area (Å²) in [5.74, 6) is -1.11. The standard InChI is InChI=1S/C18H36O3/c1-2-3-4-5-6-7-8-9-10-11-12-13-14-17(15-16-19)18(20)21/h17,19H,2-16H2,1H3,(H,20,21). The van der Waals surface area contributed by atoms with Crippen molar-refractivity contribution < 1.29 is 15.0 Å². The second kappa shape index (κ2) is 15.8. The van der Waals surface area contributed by atoms with Crippen LogP contribution in [0.4, 0.5) is 0 Å². The molecule has 2 N–H and O–H groups in total. The summed E-state index contributed by atoms with van der Waals surface area (Å²) in [6.07, 6.45) is 16.7. The third-order valence-corrected chi connectivity index (χ3v) is 4.23. The van der Waals surface area contributed by atoms with Gasteiger partial charge in [0.25, 0.3) is 0 Å². The van der Waals surface area contributed by atoms with Crippen LogP contribution in [-0.4, -0.2) is 22.8 Å². The summed E-state index contributed by atoms with van der Waals surface area (Å²) >= 11 is 0. The molecule has 1 unspecified atom stereocenters. The number of hydrogen-bond acceptors (Lipinski definition) is 2. The van der Waals surface area contributed by atoms with Crippen molar-refractivity contribution in [2.75, 3.05) is 6.61 Å². The predicted molar refractivity (Wildman–Crippen MR) is 88.5 cm³/mol. The molecule has 0 saturated carbocycles. The number of carboxylic acid groups (broad SMARTS) is 1. The smallest absolute Gasteiger partial charge is 0.306 e. The van der Waals surface area contributed by atoms with Crippen LogP contribution in [0.25, 0.3) is 0 Å². The highest BCUT2D eigenvalue weighted by atomic mass is 16.4. The molecular weight excluding hydrogens is 264 g/mol. The highest BCUT2D eigenvalue weighted by Gasteiger charge is 2.15. The van der Waals surface area contributed by atoms with Gasteiger partial charge in [0.05, 0.1) is 5.92 Å². The predicted octanol–water partition coefficient (Wildman–Crippen LogP) is 5.16. The molecule has 3 heteroatoms. The van der Waals surface area contributed by atoms with Crippen LogP contribution in [-0.2, 0) is 4.79 Å². The van der Waals surface area contributed by atoms with Crippen LogP contribution < -0.4 is 0 Å². The van der Waals surface area contributed by atoms with E-state index in [0.717, 1.165) is 12.8 Å². The maximum Gasteiger partial charge on any atom is 0.306 e. The lowest BCUT2D eigenvalue weighted by Gasteiger charge is -2.10. The van der Waals surface area contributed by atoms with Crippen LogP contribution >= 0.6 is 0 Å². The minimum Gasteiger partial charge on any atom is -0.481 e. The van der Waals surface area contributed by atoms with Crippen LogP contribution in [0.15, 0.2) is 0 Å². The number of aliphatic hydroxyl groups is 1. The maximum absolute atomic E-state index is 10.9. The summed E-state index contributed by atoms with van der Waals surface area (Å²) in [5, 5.41) is 17.8. The third kappa shape index (κ3) is 14.1. The first-order chi connectivity index (χ1) is 10.2. The Bertz CT molecular complexity index is 229. The molecule has 0 heterocycles. The van der Waals surface area contributed by atoms with E-state index in [9.17, 15) is 4.79 Å². The van der Waals surface area contributed by atoms with E-state index in [1.807, 2.05) is 0 Å². The second-order valence-electron chi connectivity index (χ2n) is 6.23. The molecule has 0 fully saturated rings. The van der Waals surface area contributed by atoms with Gasteiger partial charge in [-0.1, -0.05) is 84.0 Å². The average molecular weight is 300 g/mol. The Kier molecular flexibility index (Phi) is 15.4. The lowest BCUT2D eigenvalue weighted by Crippen LogP contribution is -2.15. The van der Waals surface area contributed by atoms with Gasteiger partial charge in [-0.15, -0.1) is 0 Å². The van der Waals surface area contributed by atoms with E-state index in [-0.39, 0.29) is 12.5 Å². The fourth-order valence-electron chi connectivity index (χ4n) is 2.78. The number of carbonyl (C=O) groups is 1. The van der Waals surface area contributed by atoms with Crippen molar-refractivity contribution in [1.82, 2.24) is 0 Å². The number of carboxylic acids is 1. The molecule has 0 spiro atoms. The summed E-state index contributed by atoms with van der Waals surface area (Å²) in [6.45, 7) is 2.23. The lowest BCUT2D eigenvalue weighted by atomic mass is 9.97. The molecule has 21 heavy (non-hydrogen) atoms. The van der Waals surface area contributed by atoms with E-state index in [1.165, 1.54) is 64.2 Å². The SMILES string of the molecule is CCCCCCCCCCCCCCC(CCO)C(=O)O. The summed E-state index contributed by atoms with van der Waals surface area (Å²) < 4.78 is 0. The van der Waals surface area contributed by atoms with Crippen molar-refractivity contribution in [2.24, 2.45) is 5.92 Å². The molecular formula is C18H36O3. The van der Waals surface area contributed by atoms with Gasteiger partial charge >= 0.3 is 5.97 Å². The minimum absolute atomic E-state index is 0.0186. The molecule has 0 aliphatic rings. The first-order valence-electron chi connectivity index (χ1n) is 9.06. The number of rotatable bonds is 16. The van der Waals surface area contributed by atoms with Gasteiger partial charge in [0, 0.05) is 6.61 Å². The molecule has 0 aromatic carbocycles. The summed E-state index contributed by atoms with van der Waals surface area (Å²) in [7, 11) is 0. The molecule has 0 rings (SSSR count). The highest BCUT2D eigenvalue weighted by molar-refractivity contribution is 5.69. The third-order valence-electron chi connectivity index (χ3n) is 4.23. The van der Waals surface area contributed by atoms with Gasteiger partial charge in [-0.2, -0.15) is 0 Å². The van der Waals surface area contributed by atoms with Crippen LogP contribution in [0.1, 0.15) is 96.8 Å². The van der Waals surface area contributed by atoms with E-state index in [0.29, 0.717) is 12.8 Å². The van der Waals surface area contributed by atoms with Crippen molar-refractivity contribution in [3.05, 3.63) is 0 Å². The fourth-order valence-corrected chi connectivity index (χ4v) is 2.78. The van der Waals surface area contributed by atoms with Crippen molar-refractivity contribution in [2.45, 2.75) is 96.8 Å². The maximum atomic E-state index is 10.9. The number of hydrogen-bond donors (Lipinski definition) is 2. The van der Waals surface area contributed by atoms with Gasteiger partial charge in [-0.05, 0) is 12.8 Å². The Morgan fingerprint density at radius 1 is 0.762 bits per heavy atom. The zero-order valence-corrected chi connectivity index (χ0v) is 14.0. The zero-order chi connectivity index (χ0) is 15.8. The first-order valence-corrected chi connectivity index (χ1v) is 9.06. The fraction of sp³-hybridized carbons (Fsp3) is 0.944. The van der Waals surface area contributed by atoms with Gasteiger partial charge in [-0.25, -0.2) is 0 Å². The Balaban J connectivity index is 3.23. The van der Waals surface area contributed by atoms with E-state index in [4.69, 9.17) is 10.2 Å². The van der Waals surface area contributed by atoms with Gasteiger partial charge < -0.3 is 10.2 Å². The van der Waals surface area contributed by atoms with Crippen LogP contribution in [0.2, 0.25) is 0 Å². The van der Waals surface area contributed by atoms with Crippen molar-refractivity contribution in [3.63, 3.8) is 0 Å². The van der Waals surface area contributed by atoms with Crippen LogP contribution in [0, 0.1) is 5.92 Å². The Morgan fingerprint density at radius 2 is 1.19 bits per heavy atom. The average Bonchev–Trinajstić information content (AvgIpc) is 2.47. The molecule has 0 aliphatic heterocycles. The summed E-state index contributed by atoms with van der Waals surface area (Å²) in [6, 6.07) is 0. The lowest BCUT2D eigenvalue weighted by molar-refractivity contribution is -0.142. The Hall–Kier alpha value is -0.570. The van der Waals surface area contributed by atoms with Gasteiger partial charge in [0.15, 0.2) is 0 Å². The van der Waals surface area contributed by atoms with E-state index in [1.54, 1.807) is 0 Å². The van der Waals surface area contributed by atoms with Crippen molar-refractivity contribution in [1.29, 1.82) is 0 Å². The Labute approximate surface area is 131 Å². The normalized spacial score (nSPS) is 12.5. The molecule has 126 valence electrons. The molecule has 1 atom stereocenters. The molecule has 0 saturated heterocycles. The molecule has 0 aromatic heterocycles. The molecule has 3 nitrogen and oxygen atoms in total. The van der Waals surface area contributed by atoms with E-state index in [2.05, 4.69) is 6.92 Å². The zero-order valence-electron chi connectivity index (χ0n) is 14.0. The number of aliphatic carboxylic acids is 1. The second-order valence-corrected chi connectivity index (χ2v) is 6.23. The first kappa shape index (κ1) is 20.4. The summed E-state index contributed by atoms with van der Waals surface area (Å²) in [5.41, 5.74) is 0. The van der Waals surface area contributed by atoms with E-state index >= 15 is 0 Å². The molecule has 0 aliphatic carbocycles. The Morgan fingerprint density at radius 3 is 1.57 bits per heavy atom. The van der Waals surface area contributed by atoms with Crippen molar-refractivity contribution in [3.8, 4) is 0 Å². The quantitative estimate of drug-likeness (QED) is 0.387.